The molecule has 0 aromatic carbocycles. The summed E-state index contributed by atoms with van der Waals surface area (Å²) in [5.41, 5.74) is 0. The van der Waals surface area contributed by atoms with Crippen molar-refractivity contribution in [3.8, 4) is 0 Å². The fraction of sp³-hybridized carbons (Fsp3) is 0.857. The number of carbonyl (C=O) groups is 1. The summed E-state index contributed by atoms with van der Waals surface area (Å²) in [4.78, 5) is 10.6. The molecule has 60 valence electrons. The van der Waals surface area contributed by atoms with Crippen LogP contribution in [0.3, 0.4) is 0 Å². The lowest BCUT2D eigenvalue weighted by atomic mass is 10.4. The number of carbonyl (C=O) groups excluding carboxylic acids is 1. The fourth-order valence-corrected chi connectivity index (χ4v) is 0.576. The predicted molar refractivity (Wildman–Crippen MR) is 37.7 cm³/mol. The number of methoxy groups -OCH3 is 1. The molecule has 0 amide bonds. The van der Waals surface area contributed by atoms with Crippen molar-refractivity contribution in [2.45, 2.75) is 26.4 Å². The van der Waals surface area contributed by atoms with E-state index in [2.05, 4.69) is 0 Å². The largest absolute Gasteiger partial charge is 0.460 e. The minimum absolute atomic E-state index is 0.127. The lowest BCUT2D eigenvalue weighted by Crippen LogP contribution is -2.18. The molecular weight excluding hydrogens is 132 g/mol. The molecule has 0 saturated heterocycles. The van der Waals surface area contributed by atoms with Crippen molar-refractivity contribution in [3.63, 3.8) is 0 Å². The van der Waals surface area contributed by atoms with Gasteiger partial charge in [-0.05, 0) is 6.92 Å². The Kier molecular flexibility index (Phi) is 4.94. The van der Waals surface area contributed by atoms with Crippen LogP contribution in [0, 0.1) is 0 Å². The van der Waals surface area contributed by atoms with Crippen molar-refractivity contribution in [2.24, 2.45) is 0 Å². The number of ether oxygens (including phenoxy) is 2. The van der Waals surface area contributed by atoms with Gasteiger partial charge in [0, 0.05) is 13.5 Å². The van der Waals surface area contributed by atoms with Crippen LogP contribution in [0.15, 0.2) is 0 Å². The summed E-state index contributed by atoms with van der Waals surface area (Å²) >= 11 is 0. The zero-order valence-corrected chi connectivity index (χ0v) is 6.72. The van der Waals surface area contributed by atoms with E-state index in [1.54, 1.807) is 21.0 Å². The second-order valence-corrected chi connectivity index (χ2v) is 2.11. The standard InChI is InChI=1S/C7H14O3/c1-4-7(8)10-6(2)5-9-3/h6H,4-5H2,1-3H3. The lowest BCUT2D eigenvalue weighted by molar-refractivity contribution is -0.150. The number of rotatable bonds is 4. The van der Waals surface area contributed by atoms with E-state index in [1.165, 1.54) is 0 Å². The van der Waals surface area contributed by atoms with Gasteiger partial charge in [-0.2, -0.15) is 0 Å². The summed E-state index contributed by atoms with van der Waals surface area (Å²) in [6.07, 6.45) is 0.297. The van der Waals surface area contributed by atoms with Gasteiger partial charge in [0.1, 0.15) is 6.10 Å². The van der Waals surface area contributed by atoms with Crippen molar-refractivity contribution in [1.82, 2.24) is 0 Å². The summed E-state index contributed by atoms with van der Waals surface area (Å²) in [6, 6.07) is 0. The first-order chi connectivity index (χ1) is 4.70. The molecule has 0 rings (SSSR count). The molecule has 0 aliphatic heterocycles. The maximum atomic E-state index is 10.6. The van der Waals surface area contributed by atoms with E-state index >= 15 is 0 Å². The highest BCUT2D eigenvalue weighted by molar-refractivity contribution is 5.69. The molecule has 10 heavy (non-hydrogen) atoms. The molecule has 0 aromatic heterocycles. The van der Waals surface area contributed by atoms with Crippen molar-refractivity contribution < 1.29 is 14.3 Å². The monoisotopic (exact) mass is 146 g/mol. The number of hydrogen-bond acceptors (Lipinski definition) is 3. The van der Waals surface area contributed by atoms with Crippen LogP contribution in [0.1, 0.15) is 20.3 Å². The first kappa shape index (κ1) is 9.43. The molecule has 3 nitrogen and oxygen atoms in total. The zero-order valence-electron chi connectivity index (χ0n) is 6.72. The molecule has 1 atom stereocenters. The van der Waals surface area contributed by atoms with E-state index in [4.69, 9.17) is 9.47 Å². The third-order valence-electron chi connectivity index (χ3n) is 1.02. The Morgan fingerprint density at radius 3 is 2.60 bits per heavy atom. The van der Waals surface area contributed by atoms with E-state index in [0.29, 0.717) is 13.0 Å². The Bertz CT molecular complexity index is 101. The molecule has 0 radical (unpaired) electrons. The Balaban J connectivity index is 3.37. The summed E-state index contributed by atoms with van der Waals surface area (Å²) in [6.45, 7) is 4.03. The van der Waals surface area contributed by atoms with Crippen molar-refractivity contribution >= 4 is 5.97 Å². The Labute approximate surface area is 61.3 Å². The average molecular weight is 146 g/mol. The van der Waals surface area contributed by atoms with E-state index in [9.17, 15) is 4.79 Å². The van der Waals surface area contributed by atoms with Crippen molar-refractivity contribution in [3.05, 3.63) is 0 Å². The van der Waals surface area contributed by atoms with Gasteiger partial charge in [-0.1, -0.05) is 6.92 Å². The highest BCUT2D eigenvalue weighted by Crippen LogP contribution is 1.93. The van der Waals surface area contributed by atoms with Gasteiger partial charge in [-0.25, -0.2) is 0 Å². The van der Waals surface area contributed by atoms with Crippen LogP contribution in [0.2, 0.25) is 0 Å². The molecule has 1 unspecified atom stereocenters. The Hall–Kier alpha value is -0.570. The number of hydrogen-bond donors (Lipinski definition) is 0. The lowest BCUT2D eigenvalue weighted by Gasteiger charge is -2.10. The quantitative estimate of drug-likeness (QED) is 0.554. The molecular formula is C7H14O3. The van der Waals surface area contributed by atoms with Gasteiger partial charge in [0.15, 0.2) is 0 Å². The molecule has 0 aromatic rings. The Morgan fingerprint density at radius 2 is 2.20 bits per heavy atom. The highest BCUT2D eigenvalue weighted by Gasteiger charge is 2.05. The zero-order chi connectivity index (χ0) is 7.98. The smallest absolute Gasteiger partial charge is 0.305 e. The maximum absolute atomic E-state index is 10.6. The van der Waals surface area contributed by atoms with Crippen LogP contribution >= 0.6 is 0 Å². The Morgan fingerprint density at radius 1 is 1.60 bits per heavy atom. The molecule has 0 N–H and O–H groups in total. The minimum atomic E-state index is -0.176. The highest BCUT2D eigenvalue weighted by atomic mass is 16.6. The SMILES string of the molecule is CCC(=O)OC(C)COC. The predicted octanol–water partition coefficient (Wildman–Crippen LogP) is 0.974. The molecule has 0 saturated carbocycles. The van der Waals surface area contributed by atoms with Gasteiger partial charge in [-0.15, -0.1) is 0 Å². The second kappa shape index (κ2) is 5.23. The van der Waals surface area contributed by atoms with Crippen molar-refractivity contribution in [1.29, 1.82) is 0 Å². The van der Waals surface area contributed by atoms with Crippen LogP contribution in [-0.4, -0.2) is 25.8 Å². The molecule has 0 fully saturated rings. The van der Waals surface area contributed by atoms with Crippen LogP contribution in [0.5, 0.6) is 0 Å². The van der Waals surface area contributed by atoms with E-state index in [1.807, 2.05) is 0 Å². The summed E-state index contributed by atoms with van der Waals surface area (Å²) < 4.78 is 9.65. The third kappa shape index (κ3) is 4.32. The van der Waals surface area contributed by atoms with Gasteiger partial charge >= 0.3 is 5.97 Å². The van der Waals surface area contributed by atoms with Crippen molar-refractivity contribution in [2.75, 3.05) is 13.7 Å². The normalized spacial score (nSPS) is 12.7. The van der Waals surface area contributed by atoms with E-state index in [-0.39, 0.29) is 12.1 Å². The molecule has 3 heteroatoms. The first-order valence-electron chi connectivity index (χ1n) is 3.39. The average Bonchev–Trinajstić information content (AvgIpc) is 1.88. The van der Waals surface area contributed by atoms with Gasteiger partial charge < -0.3 is 9.47 Å². The topological polar surface area (TPSA) is 35.5 Å². The second-order valence-electron chi connectivity index (χ2n) is 2.11. The third-order valence-corrected chi connectivity index (χ3v) is 1.02. The summed E-state index contributed by atoms with van der Waals surface area (Å²) in [5, 5.41) is 0. The summed E-state index contributed by atoms with van der Waals surface area (Å²) in [7, 11) is 1.58. The fourth-order valence-electron chi connectivity index (χ4n) is 0.576. The molecule has 0 spiro atoms. The molecule has 0 bridgehead atoms. The first-order valence-corrected chi connectivity index (χ1v) is 3.39. The van der Waals surface area contributed by atoms with Gasteiger partial charge in [0.25, 0.3) is 0 Å². The van der Waals surface area contributed by atoms with Crippen LogP contribution in [-0.2, 0) is 14.3 Å². The number of esters is 1. The molecule has 0 aliphatic carbocycles. The van der Waals surface area contributed by atoms with Gasteiger partial charge in [0.05, 0.1) is 6.61 Å². The minimum Gasteiger partial charge on any atom is -0.460 e. The molecule has 0 heterocycles. The summed E-state index contributed by atoms with van der Waals surface area (Å²) in [5.74, 6) is -0.176. The molecule has 0 aliphatic rings. The van der Waals surface area contributed by atoms with E-state index in [0.717, 1.165) is 0 Å². The van der Waals surface area contributed by atoms with Crippen LogP contribution in [0.4, 0.5) is 0 Å². The van der Waals surface area contributed by atoms with Gasteiger partial charge in [0.2, 0.25) is 0 Å². The van der Waals surface area contributed by atoms with E-state index < -0.39 is 0 Å². The van der Waals surface area contributed by atoms with Crippen LogP contribution in [0.25, 0.3) is 0 Å². The maximum Gasteiger partial charge on any atom is 0.305 e. The van der Waals surface area contributed by atoms with Gasteiger partial charge in [-0.3, -0.25) is 4.79 Å². The van der Waals surface area contributed by atoms with Crippen LogP contribution < -0.4 is 0 Å².